The van der Waals surface area contributed by atoms with Crippen LogP contribution in [0.15, 0.2) is 91.0 Å². The Bertz CT molecular complexity index is 1130. The van der Waals surface area contributed by atoms with Gasteiger partial charge < -0.3 is 9.47 Å². The summed E-state index contributed by atoms with van der Waals surface area (Å²) in [5, 5.41) is 1.13. The molecule has 4 rings (SSSR count). The van der Waals surface area contributed by atoms with Gasteiger partial charge in [0.25, 0.3) is 0 Å². The largest absolute Gasteiger partial charge is 0.443 e. The number of benzene rings is 3. The lowest BCUT2D eigenvalue weighted by Crippen LogP contribution is -2.52. The Hall–Kier alpha value is -3.88. The zero-order chi connectivity index (χ0) is 25.9. The number of ether oxygens (including phenoxy) is 2. The van der Waals surface area contributed by atoms with Crippen molar-refractivity contribution in [2.24, 2.45) is 0 Å². The molecule has 0 saturated carbocycles. The second-order valence-corrected chi connectivity index (χ2v) is 8.86. The van der Waals surface area contributed by atoms with Crippen molar-refractivity contribution in [2.75, 3.05) is 0 Å². The Balaban J connectivity index is 1.50. The minimum Gasteiger partial charge on any atom is -0.443 e. The molecule has 2 unspecified atom stereocenters. The molecule has 8 nitrogen and oxygen atoms in total. The van der Waals surface area contributed by atoms with Gasteiger partial charge in [0.1, 0.15) is 19.3 Å². The van der Waals surface area contributed by atoms with Crippen molar-refractivity contribution in [2.45, 2.75) is 57.6 Å². The Labute approximate surface area is 217 Å². The van der Waals surface area contributed by atoms with E-state index in [0.717, 1.165) is 34.6 Å². The van der Waals surface area contributed by atoms with E-state index in [1.54, 1.807) is 0 Å². The molecule has 1 aliphatic rings. The van der Waals surface area contributed by atoms with Crippen LogP contribution >= 0.6 is 0 Å². The molecule has 0 spiro atoms. The Morgan fingerprint density at radius 2 is 1.46 bits per heavy atom. The highest BCUT2D eigenvalue weighted by Gasteiger charge is 2.53. The van der Waals surface area contributed by atoms with Crippen molar-refractivity contribution >= 4 is 12.2 Å². The van der Waals surface area contributed by atoms with Gasteiger partial charge in [0, 0.05) is 12.8 Å². The monoisotopic (exact) mass is 504 g/mol. The molecule has 1 fully saturated rings. The summed E-state index contributed by atoms with van der Waals surface area (Å²) in [6.45, 7) is 2.20. The first-order valence-corrected chi connectivity index (χ1v) is 12.5. The second kappa shape index (κ2) is 12.9. The summed E-state index contributed by atoms with van der Waals surface area (Å²) in [7, 11) is 0. The third-order valence-corrected chi connectivity index (χ3v) is 6.11. The zero-order valence-electron chi connectivity index (χ0n) is 20.9. The van der Waals surface area contributed by atoms with Gasteiger partial charge in [0.2, 0.25) is 5.72 Å². The van der Waals surface area contributed by atoms with Crippen molar-refractivity contribution in [3.05, 3.63) is 108 Å². The average molecular weight is 505 g/mol. The molecule has 1 heterocycles. The van der Waals surface area contributed by atoms with Crippen LogP contribution in [0.4, 0.5) is 9.59 Å². The van der Waals surface area contributed by atoms with Gasteiger partial charge in [-0.15, -0.1) is 0 Å². The highest BCUT2D eigenvalue weighted by molar-refractivity contribution is 5.68. The van der Waals surface area contributed by atoms with Gasteiger partial charge >= 0.3 is 12.2 Å². The van der Waals surface area contributed by atoms with E-state index in [2.05, 4.69) is 5.48 Å². The zero-order valence-corrected chi connectivity index (χ0v) is 20.9. The first-order chi connectivity index (χ1) is 18.1. The molecular formula is C29H32N2O6. The van der Waals surface area contributed by atoms with Gasteiger partial charge in [-0.05, 0) is 23.1 Å². The van der Waals surface area contributed by atoms with Crippen LogP contribution in [0.1, 0.15) is 55.4 Å². The van der Waals surface area contributed by atoms with Crippen LogP contribution in [0.25, 0.3) is 0 Å². The molecule has 194 valence electrons. The predicted molar refractivity (Wildman–Crippen MR) is 136 cm³/mol. The van der Waals surface area contributed by atoms with E-state index in [1.165, 1.54) is 0 Å². The number of amides is 2. The summed E-state index contributed by atoms with van der Waals surface area (Å²) in [5.41, 5.74) is 3.68. The maximum Gasteiger partial charge on any atom is 0.437 e. The van der Waals surface area contributed by atoms with E-state index in [-0.39, 0.29) is 13.2 Å². The third-order valence-electron chi connectivity index (χ3n) is 6.11. The number of nitrogens with one attached hydrogen (secondary N) is 1. The SMILES string of the molecule is CCCCC1(ONC(=O)OCc2ccccc2)CC(c2ccccc2)ON1C(=O)OCc1ccccc1. The molecule has 3 aromatic rings. The van der Waals surface area contributed by atoms with Crippen molar-refractivity contribution in [1.82, 2.24) is 10.5 Å². The van der Waals surface area contributed by atoms with Crippen LogP contribution in [0.5, 0.6) is 0 Å². The van der Waals surface area contributed by atoms with Crippen LogP contribution in [0.3, 0.4) is 0 Å². The Morgan fingerprint density at radius 3 is 2.05 bits per heavy atom. The lowest BCUT2D eigenvalue weighted by molar-refractivity contribution is -0.259. The summed E-state index contributed by atoms with van der Waals surface area (Å²) in [5.74, 6) is 0. The normalized spacial score (nSPS) is 18.8. The van der Waals surface area contributed by atoms with Crippen molar-refractivity contribution in [3.63, 3.8) is 0 Å². The lowest BCUT2D eigenvalue weighted by atomic mass is 9.96. The van der Waals surface area contributed by atoms with Gasteiger partial charge in [-0.3, -0.25) is 4.84 Å². The quantitative estimate of drug-likeness (QED) is 0.320. The van der Waals surface area contributed by atoms with Gasteiger partial charge in [-0.25, -0.2) is 14.4 Å². The van der Waals surface area contributed by atoms with Gasteiger partial charge in [-0.1, -0.05) is 104 Å². The van der Waals surface area contributed by atoms with E-state index in [9.17, 15) is 9.59 Å². The van der Waals surface area contributed by atoms with Crippen LogP contribution in [-0.4, -0.2) is 23.0 Å². The Kier molecular flexibility index (Phi) is 9.13. The van der Waals surface area contributed by atoms with Crippen LogP contribution in [-0.2, 0) is 32.4 Å². The lowest BCUT2D eigenvalue weighted by Gasteiger charge is -2.34. The average Bonchev–Trinajstić information content (AvgIpc) is 3.34. The minimum absolute atomic E-state index is 0.0753. The highest BCUT2D eigenvalue weighted by Crippen LogP contribution is 2.44. The fourth-order valence-corrected chi connectivity index (χ4v) is 4.15. The number of carbonyl (C=O) groups is 2. The first-order valence-electron chi connectivity index (χ1n) is 12.5. The van der Waals surface area contributed by atoms with Crippen molar-refractivity contribution in [3.8, 4) is 0 Å². The predicted octanol–water partition coefficient (Wildman–Crippen LogP) is 6.45. The second-order valence-electron chi connectivity index (χ2n) is 8.86. The summed E-state index contributed by atoms with van der Waals surface area (Å²) in [4.78, 5) is 37.8. The molecule has 2 atom stereocenters. The fraction of sp³-hybridized carbons (Fsp3) is 0.310. The van der Waals surface area contributed by atoms with E-state index in [0.29, 0.717) is 12.8 Å². The topological polar surface area (TPSA) is 86.3 Å². The maximum absolute atomic E-state index is 13.3. The molecule has 8 heteroatoms. The van der Waals surface area contributed by atoms with E-state index in [4.69, 9.17) is 19.1 Å². The number of nitrogens with zero attached hydrogens (tertiary/aromatic N) is 1. The number of carbonyl (C=O) groups excluding carboxylic acids is 2. The minimum atomic E-state index is -1.28. The molecule has 1 saturated heterocycles. The summed E-state index contributed by atoms with van der Waals surface area (Å²) in [6.07, 6.45) is 0.381. The molecule has 0 aliphatic carbocycles. The smallest absolute Gasteiger partial charge is 0.437 e. The molecule has 37 heavy (non-hydrogen) atoms. The molecule has 1 N–H and O–H groups in total. The van der Waals surface area contributed by atoms with Gasteiger partial charge in [0.05, 0.1) is 0 Å². The number of hydrogen-bond donors (Lipinski definition) is 1. The van der Waals surface area contributed by atoms with Gasteiger partial charge in [-0.2, -0.15) is 10.5 Å². The third kappa shape index (κ3) is 7.09. The standard InChI is InChI=1S/C29H32N2O6/c1-2-3-19-29(37-30-27(32)34-21-23-13-7-4-8-14-23)20-26(25-17-11-6-12-18-25)36-31(29)28(33)35-22-24-15-9-5-10-16-24/h4-18,26H,2-3,19-22H2,1H3,(H,30,32). The first kappa shape index (κ1) is 26.2. The number of unbranched alkanes of at least 4 members (excludes halogenated alkanes) is 1. The van der Waals surface area contributed by atoms with E-state index in [1.807, 2.05) is 97.9 Å². The number of hydrogen-bond acceptors (Lipinski definition) is 6. The fourth-order valence-electron chi connectivity index (χ4n) is 4.15. The molecule has 0 aromatic heterocycles. The summed E-state index contributed by atoms with van der Waals surface area (Å²) >= 11 is 0. The molecule has 2 amide bonds. The molecular weight excluding hydrogens is 472 g/mol. The Morgan fingerprint density at radius 1 is 0.892 bits per heavy atom. The van der Waals surface area contributed by atoms with Crippen molar-refractivity contribution < 1.29 is 28.7 Å². The number of rotatable bonds is 10. The molecule has 0 radical (unpaired) electrons. The molecule has 0 bridgehead atoms. The molecule has 3 aromatic carbocycles. The van der Waals surface area contributed by atoms with Gasteiger partial charge in [0.15, 0.2) is 0 Å². The van der Waals surface area contributed by atoms with Crippen LogP contribution in [0, 0.1) is 0 Å². The number of hydroxylamine groups is 3. The summed E-state index contributed by atoms with van der Waals surface area (Å²) in [6, 6.07) is 28.3. The van der Waals surface area contributed by atoms with Crippen LogP contribution < -0.4 is 5.48 Å². The van der Waals surface area contributed by atoms with E-state index >= 15 is 0 Å². The molecule has 1 aliphatic heterocycles. The summed E-state index contributed by atoms with van der Waals surface area (Å²) < 4.78 is 10.9. The highest BCUT2D eigenvalue weighted by atomic mass is 16.8. The van der Waals surface area contributed by atoms with Crippen LogP contribution in [0.2, 0.25) is 0 Å². The van der Waals surface area contributed by atoms with E-state index < -0.39 is 24.0 Å². The van der Waals surface area contributed by atoms with Crippen molar-refractivity contribution in [1.29, 1.82) is 0 Å². The maximum atomic E-state index is 13.3.